The summed E-state index contributed by atoms with van der Waals surface area (Å²) in [5, 5.41) is 0. The zero-order chi connectivity index (χ0) is 18.5. The fourth-order valence-electron chi connectivity index (χ4n) is 6.71. The minimum Gasteiger partial charge on any atom is -0.0836 e. The van der Waals surface area contributed by atoms with Crippen LogP contribution in [-0.4, -0.2) is 0 Å². The van der Waals surface area contributed by atoms with Crippen molar-refractivity contribution in [3.05, 3.63) is 75.9 Å². The number of fused-ring (bicyclic) bond motifs is 4. The van der Waals surface area contributed by atoms with E-state index < -0.39 is 0 Å². The van der Waals surface area contributed by atoms with E-state index in [-0.39, 0.29) is 16.2 Å². The van der Waals surface area contributed by atoms with Crippen molar-refractivity contribution in [2.75, 3.05) is 0 Å². The molecule has 0 heterocycles. The Labute approximate surface area is 158 Å². The van der Waals surface area contributed by atoms with E-state index in [2.05, 4.69) is 84.0 Å². The first-order valence-electron chi connectivity index (χ1n) is 10.2. The quantitative estimate of drug-likeness (QED) is 0.476. The SMILES string of the molecule is CC1CC=CC2=C1C(C)(C)C1=CC3=C(CC12C)C(C)(C)c1ccccc13. The van der Waals surface area contributed by atoms with E-state index in [4.69, 9.17) is 0 Å². The van der Waals surface area contributed by atoms with Gasteiger partial charge in [0.1, 0.15) is 0 Å². The first-order valence-corrected chi connectivity index (χ1v) is 10.2. The highest BCUT2D eigenvalue weighted by Gasteiger charge is 2.55. The van der Waals surface area contributed by atoms with Crippen molar-refractivity contribution in [1.29, 1.82) is 0 Å². The third-order valence-electron chi connectivity index (χ3n) is 7.88. The summed E-state index contributed by atoms with van der Waals surface area (Å²) in [4.78, 5) is 0. The molecule has 0 saturated heterocycles. The summed E-state index contributed by atoms with van der Waals surface area (Å²) in [6.07, 6.45) is 9.80. The second-order valence-corrected chi connectivity index (χ2v) is 10.1. The molecule has 0 amide bonds. The van der Waals surface area contributed by atoms with Gasteiger partial charge in [0.2, 0.25) is 0 Å². The van der Waals surface area contributed by atoms with Gasteiger partial charge in [-0.2, -0.15) is 0 Å². The highest BCUT2D eigenvalue weighted by molar-refractivity contribution is 5.89. The first-order chi connectivity index (χ1) is 12.2. The summed E-state index contributed by atoms with van der Waals surface area (Å²) in [6, 6.07) is 9.07. The molecule has 0 N–H and O–H groups in total. The number of allylic oxidation sites excluding steroid dienone is 8. The van der Waals surface area contributed by atoms with Crippen LogP contribution in [0.5, 0.6) is 0 Å². The summed E-state index contributed by atoms with van der Waals surface area (Å²) < 4.78 is 0. The van der Waals surface area contributed by atoms with Crippen molar-refractivity contribution in [3.63, 3.8) is 0 Å². The van der Waals surface area contributed by atoms with Crippen molar-refractivity contribution in [1.82, 2.24) is 0 Å². The van der Waals surface area contributed by atoms with Gasteiger partial charge in [-0.25, -0.2) is 0 Å². The van der Waals surface area contributed by atoms with Gasteiger partial charge in [-0.15, -0.1) is 0 Å². The van der Waals surface area contributed by atoms with Gasteiger partial charge < -0.3 is 0 Å². The molecule has 0 aliphatic heterocycles. The zero-order valence-corrected chi connectivity index (χ0v) is 17.0. The number of hydrogen-bond donors (Lipinski definition) is 0. The lowest BCUT2D eigenvalue weighted by atomic mass is 9.63. The average molecular weight is 343 g/mol. The van der Waals surface area contributed by atoms with Gasteiger partial charge in [-0.1, -0.05) is 95.2 Å². The molecular weight excluding hydrogens is 312 g/mol. The van der Waals surface area contributed by atoms with E-state index in [9.17, 15) is 0 Å². The molecule has 0 heteroatoms. The average Bonchev–Trinajstić information content (AvgIpc) is 2.92. The summed E-state index contributed by atoms with van der Waals surface area (Å²) in [5.74, 6) is 0.656. The Kier molecular flexibility index (Phi) is 2.97. The maximum Gasteiger partial charge on any atom is 0.0183 e. The zero-order valence-electron chi connectivity index (χ0n) is 17.0. The molecule has 0 aromatic heterocycles. The third-order valence-corrected chi connectivity index (χ3v) is 7.88. The fraction of sp³-hybridized carbons (Fsp3) is 0.462. The molecule has 4 aliphatic carbocycles. The topological polar surface area (TPSA) is 0 Å². The largest absolute Gasteiger partial charge is 0.0836 e. The van der Waals surface area contributed by atoms with Gasteiger partial charge in [0.25, 0.3) is 0 Å². The Morgan fingerprint density at radius 2 is 1.69 bits per heavy atom. The van der Waals surface area contributed by atoms with Gasteiger partial charge in [0.05, 0.1) is 0 Å². The number of rotatable bonds is 0. The molecule has 2 unspecified atom stereocenters. The minimum absolute atomic E-state index is 0.133. The molecule has 134 valence electrons. The lowest BCUT2D eigenvalue weighted by Gasteiger charge is -2.40. The predicted octanol–water partition coefficient (Wildman–Crippen LogP) is 7.00. The second kappa shape index (κ2) is 4.71. The lowest BCUT2D eigenvalue weighted by molar-refractivity contribution is 0.395. The van der Waals surface area contributed by atoms with Crippen LogP contribution in [0.25, 0.3) is 5.57 Å². The minimum atomic E-state index is 0.133. The highest BCUT2D eigenvalue weighted by Crippen LogP contribution is 2.67. The molecule has 2 atom stereocenters. The highest BCUT2D eigenvalue weighted by atomic mass is 14.6. The number of benzene rings is 1. The van der Waals surface area contributed by atoms with E-state index in [1.54, 1.807) is 22.3 Å². The molecule has 5 rings (SSSR count). The maximum absolute atomic E-state index is 2.59. The summed E-state index contributed by atoms with van der Waals surface area (Å²) >= 11 is 0. The van der Waals surface area contributed by atoms with Crippen LogP contribution in [0.4, 0.5) is 0 Å². The lowest BCUT2D eigenvalue weighted by Crippen LogP contribution is -2.30. The molecule has 26 heavy (non-hydrogen) atoms. The molecular formula is C26H30. The van der Waals surface area contributed by atoms with Gasteiger partial charge in [-0.05, 0) is 46.6 Å². The number of hydrogen-bond acceptors (Lipinski definition) is 0. The molecule has 0 nitrogen and oxygen atoms in total. The van der Waals surface area contributed by atoms with E-state index in [1.165, 1.54) is 23.1 Å². The van der Waals surface area contributed by atoms with Crippen LogP contribution in [0, 0.1) is 16.7 Å². The first kappa shape index (κ1) is 16.4. The summed E-state index contributed by atoms with van der Waals surface area (Å²) in [5.41, 5.74) is 11.5. The molecule has 1 aromatic rings. The van der Waals surface area contributed by atoms with Crippen molar-refractivity contribution in [2.45, 2.75) is 59.8 Å². The van der Waals surface area contributed by atoms with E-state index in [0.717, 1.165) is 6.42 Å². The van der Waals surface area contributed by atoms with Crippen molar-refractivity contribution in [2.24, 2.45) is 16.7 Å². The van der Waals surface area contributed by atoms with E-state index >= 15 is 0 Å². The Morgan fingerprint density at radius 3 is 2.46 bits per heavy atom. The third kappa shape index (κ3) is 1.71. The molecule has 0 saturated carbocycles. The van der Waals surface area contributed by atoms with Crippen LogP contribution < -0.4 is 0 Å². The van der Waals surface area contributed by atoms with Crippen molar-refractivity contribution in [3.8, 4) is 0 Å². The standard InChI is InChI=1S/C26H30/c1-16-10-9-13-20-23(16)25(4,5)22-14-18-17-11-7-8-12-19(17)24(2,3)21(18)15-26(20,22)6/h7-9,11-14,16H,10,15H2,1-6H3. The molecule has 0 bridgehead atoms. The van der Waals surface area contributed by atoms with Crippen LogP contribution in [0.1, 0.15) is 65.5 Å². The van der Waals surface area contributed by atoms with Crippen LogP contribution >= 0.6 is 0 Å². The normalized spacial score (nSPS) is 32.8. The van der Waals surface area contributed by atoms with Gasteiger partial charge >= 0.3 is 0 Å². The van der Waals surface area contributed by atoms with Gasteiger partial charge in [0.15, 0.2) is 0 Å². The summed E-state index contributed by atoms with van der Waals surface area (Å²) in [7, 11) is 0. The van der Waals surface area contributed by atoms with Gasteiger partial charge in [0, 0.05) is 16.2 Å². The molecule has 0 radical (unpaired) electrons. The van der Waals surface area contributed by atoms with Crippen LogP contribution in [0.3, 0.4) is 0 Å². The Balaban J connectivity index is 1.77. The van der Waals surface area contributed by atoms with Crippen LogP contribution in [-0.2, 0) is 5.41 Å². The van der Waals surface area contributed by atoms with Crippen molar-refractivity contribution >= 4 is 5.57 Å². The monoisotopic (exact) mass is 342 g/mol. The Bertz CT molecular complexity index is 958. The Hall–Kier alpha value is -1.82. The van der Waals surface area contributed by atoms with Crippen LogP contribution in [0.15, 0.2) is 64.8 Å². The maximum atomic E-state index is 2.59. The van der Waals surface area contributed by atoms with Crippen molar-refractivity contribution < 1.29 is 0 Å². The van der Waals surface area contributed by atoms with E-state index in [0.29, 0.717) is 5.92 Å². The fourth-order valence-corrected chi connectivity index (χ4v) is 6.71. The Morgan fingerprint density at radius 1 is 0.962 bits per heavy atom. The van der Waals surface area contributed by atoms with Gasteiger partial charge in [-0.3, -0.25) is 0 Å². The molecule has 0 spiro atoms. The summed E-state index contributed by atoms with van der Waals surface area (Å²) in [6.45, 7) is 14.7. The second-order valence-electron chi connectivity index (χ2n) is 10.1. The predicted molar refractivity (Wildman–Crippen MR) is 111 cm³/mol. The smallest absolute Gasteiger partial charge is 0.0183 e. The van der Waals surface area contributed by atoms with Crippen LogP contribution in [0.2, 0.25) is 0 Å². The molecule has 0 fully saturated rings. The molecule has 4 aliphatic rings. The molecule has 1 aromatic carbocycles. The van der Waals surface area contributed by atoms with E-state index in [1.807, 2.05) is 0 Å².